The van der Waals surface area contributed by atoms with Crippen LogP contribution in [0.25, 0.3) is 0 Å². The third-order valence-corrected chi connectivity index (χ3v) is 1.27. The van der Waals surface area contributed by atoms with Crippen LogP contribution < -0.4 is 10.9 Å². The predicted molar refractivity (Wildman–Crippen MR) is 46.7 cm³/mol. The number of rotatable bonds is 1. The predicted octanol–water partition coefficient (Wildman–Crippen LogP) is -1.06. The van der Waals surface area contributed by atoms with Crippen molar-refractivity contribution in [2.45, 2.75) is 6.32 Å². The molecule has 1 aromatic carbocycles. The van der Waals surface area contributed by atoms with E-state index in [2.05, 4.69) is 0 Å². The number of hydrogen-bond acceptors (Lipinski definition) is 0. The summed E-state index contributed by atoms with van der Waals surface area (Å²) in [4.78, 5) is 0. The number of benzene rings is 1. The molecule has 0 heterocycles. The van der Waals surface area contributed by atoms with Gasteiger partial charge in [-0.15, -0.1) is 0 Å². The van der Waals surface area contributed by atoms with Crippen LogP contribution in [-0.2, 0) is 6.32 Å². The lowest BCUT2D eigenvalue weighted by Gasteiger charge is -2.01. The minimum Gasteiger partial charge on any atom is -0.0970 e. The average molecular weight is 122 g/mol. The lowest BCUT2D eigenvalue weighted by molar-refractivity contribution is 1.43. The van der Waals surface area contributed by atoms with Crippen molar-refractivity contribution in [3.05, 3.63) is 23.8 Å². The van der Waals surface area contributed by atoms with Gasteiger partial charge in [0.1, 0.15) is 15.7 Å². The SMILES string of the molecule is [B]Cc1cc([B])cc([B])c1. The zero-order valence-electron chi connectivity index (χ0n) is 5.67. The lowest BCUT2D eigenvalue weighted by atomic mass is 9.83. The minimum absolute atomic E-state index is 0.481. The van der Waals surface area contributed by atoms with Gasteiger partial charge in [0, 0.05) is 0 Å². The molecule has 1 rings (SSSR count). The van der Waals surface area contributed by atoms with Crippen molar-refractivity contribution < 1.29 is 0 Å². The van der Waals surface area contributed by atoms with Crippen molar-refractivity contribution >= 4 is 34.5 Å². The molecule has 0 bridgehead atoms. The highest BCUT2D eigenvalue weighted by Gasteiger charge is 1.90. The molecule has 6 radical (unpaired) electrons. The molecule has 0 aromatic heterocycles. The summed E-state index contributed by atoms with van der Waals surface area (Å²) in [6.45, 7) is 0. The molecule has 0 saturated heterocycles. The average Bonchev–Trinajstić information content (AvgIpc) is 1.85. The molecule has 0 aliphatic heterocycles. The highest BCUT2D eigenvalue weighted by Crippen LogP contribution is 1.91. The second-order valence-corrected chi connectivity index (χ2v) is 2.21. The highest BCUT2D eigenvalue weighted by molar-refractivity contribution is 6.38. The summed E-state index contributed by atoms with van der Waals surface area (Å²) in [6.07, 6.45) is 0.481. The molecular weight excluding hydrogens is 117 g/mol. The first-order chi connectivity index (χ1) is 4.72. The van der Waals surface area contributed by atoms with Crippen LogP contribution in [0.5, 0.6) is 0 Å². The molecule has 0 spiro atoms. The molecule has 0 fully saturated rings. The van der Waals surface area contributed by atoms with Crippen LogP contribution in [0.15, 0.2) is 18.2 Å². The van der Waals surface area contributed by atoms with Gasteiger partial charge in [0.2, 0.25) is 0 Å². The van der Waals surface area contributed by atoms with Crippen LogP contribution in [0, 0.1) is 0 Å². The fourth-order valence-corrected chi connectivity index (χ4v) is 0.863. The Balaban J connectivity index is 3.06. The first-order valence-electron chi connectivity index (χ1n) is 3.07. The van der Waals surface area contributed by atoms with E-state index in [4.69, 9.17) is 23.5 Å². The zero-order chi connectivity index (χ0) is 7.56. The van der Waals surface area contributed by atoms with E-state index in [1.54, 1.807) is 6.07 Å². The molecule has 1 aromatic rings. The highest BCUT2D eigenvalue weighted by atomic mass is 13.9. The zero-order valence-corrected chi connectivity index (χ0v) is 5.67. The van der Waals surface area contributed by atoms with E-state index in [0.29, 0.717) is 17.2 Å². The van der Waals surface area contributed by atoms with Crippen LogP contribution in [0.1, 0.15) is 5.56 Å². The summed E-state index contributed by atoms with van der Waals surface area (Å²) >= 11 is 0. The van der Waals surface area contributed by atoms with Crippen LogP contribution in [0.2, 0.25) is 0 Å². The van der Waals surface area contributed by atoms with Crippen molar-refractivity contribution in [2.24, 2.45) is 0 Å². The van der Waals surface area contributed by atoms with Gasteiger partial charge in [-0.25, -0.2) is 0 Å². The molecular formula is C7H5B3. The van der Waals surface area contributed by atoms with Crippen LogP contribution in [0.4, 0.5) is 0 Å². The van der Waals surface area contributed by atoms with Gasteiger partial charge in [0.25, 0.3) is 0 Å². The monoisotopic (exact) mass is 122 g/mol. The molecule has 0 aliphatic carbocycles. The molecule has 0 atom stereocenters. The van der Waals surface area contributed by atoms with E-state index >= 15 is 0 Å². The van der Waals surface area contributed by atoms with Gasteiger partial charge in [-0.05, 0) is 0 Å². The summed E-state index contributed by atoms with van der Waals surface area (Å²) < 4.78 is 0. The van der Waals surface area contributed by atoms with Crippen molar-refractivity contribution in [3.63, 3.8) is 0 Å². The molecule has 0 unspecified atom stereocenters. The normalized spacial score (nSPS) is 9.60. The minimum atomic E-state index is 0.481. The van der Waals surface area contributed by atoms with E-state index in [0.717, 1.165) is 5.56 Å². The molecule has 0 N–H and O–H groups in total. The molecule has 3 heteroatoms. The van der Waals surface area contributed by atoms with Crippen LogP contribution in [-0.4, -0.2) is 23.5 Å². The second kappa shape index (κ2) is 3.00. The molecule has 0 nitrogen and oxygen atoms in total. The Morgan fingerprint density at radius 3 is 1.90 bits per heavy atom. The first kappa shape index (κ1) is 7.52. The maximum absolute atomic E-state index is 5.50. The quantitative estimate of drug-likeness (QED) is 0.416. The Morgan fingerprint density at radius 2 is 1.50 bits per heavy atom. The van der Waals surface area contributed by atoms with E-state index in [1.807, 2.05) is 12.1 Å². The van der Waals surface area contributed by atoms with E-state index in [9.17, 15) is 0 Å². The molecule has 0 saturated carbocycles. The Labute approximate surface area is 65.3 Å². The maximum atomic E-state index is 5.50. The van der Waals surface area contributed by atoms with Gasteiger partial charge in [-0.2, -0.15) is 0 Å². The van der Waals surface area contributed by atoms with E-state index in [-0.39, 0.29) is 0 Å². The van der Waals surface area contributed by atoms with E-state index < -0.39 is 0 Å². The maximum Gasteiger partial charge on any atom is 0.113 e. The van der Waals surface area contributed by atoms with Crippen LogP contribution >= 0.6 is 0 Å². The molecule has 0 amide bonds. The second-order valence-electron chi connectivity index (χ2n) is 2.21. The summed E-state index contributed by atoms with van der Waals surface area (Å²) in [5.74, 6) is 0. The van der Waals surface area contributed by atoms with Gasteiger partial charge in [-0.1, -0.05) is 41.0 Å². The summed E-state index contributed by atoms with van der Waals surface area (Å²) in [6, 6.07) is 5.34. The van der Waals surface area contributed by atoms with Gasteiger partial charge in [0.15, 0.2) is 0 Å². The lowest BCUT2D eigenvalue weighted by Crippen LogP contribution is -2.14. The Bertz CT molecular complexity index is 212. The Morgan fingerprint density at radius 1 is 1.00 bits per heavy atom. The van der Waals surface area contributed by atoms with Gasteiger partial charge in [-0.3, -0.25) is 0 Å². The summed E-state index contributed by atoms with van der Waals surface area (Å²) in [5.41, 5.74) is 2.30. The van der Waals surface area contributed by atoms with Crippen molar-refractivity contribution in [1.29, 1.82) is 0 Å². The van der Waals surface area contributed by atoms with Crippen molar-refractivity contribution in [3.8, 4) is 0 Å². The molecule has 10 heavy (non-hydrogen) atoms. The van der Waals surface area contributed by atoms with Crippen molar-refractivity contribution in [2.75, 3.05) is 0 Å². The van der Waals surface area contributed by atoms with Gasteiger partial charge >= 0.3 is 0 Å². The standard InChI is InChI=1S/C7H5B3/c8-4-5-1-6(9)3-7(10)2-5/h1-3H,4H2. The fourth-order valence-electron chi connectivity index (χ4n) is 0.863. The van der Waals surface area contributed by atoms with Gasteiger partial charge in [0.05, 0.1) is 7.85 Å². The summed E-state index contributed by atoms with van der Waals surface area (Å²) in [7, 11) is 16.4. The van der Waals surface area contributed by atoms with Gasteiger partial charge < -0.3 is 0 Å². The third kappa shape index (κ3) is 1.70. The molecule has 0 aliphatic rings. The smallest absolute Gasteiger partial charge is 0.0970 e. The third-order valence-electron chi connectivity index (χ3n) is 1.27. The topological polar surface area (TPSA) is 0 Å². The molecule has 42 valence electrons. The summed E-state index contributed by atoms with van der Waals surface area (Å²) in [5, 5.41) is 0. The Hall–Kier alpha value is -0.585. The number of hydrogen-bond donors (Lipinski definition) is 0. The largest absolute Gasteiger partial charge is 0.113 e. The van der Waals surface area contributed by atoms with Crippen LogP contribution in [0.3, 0.4) is 0 Å². The first-order valence-corrected chi connectivity index (χ1v) is 3.07. The fraction of sp³-hybridized carbons (Fsp3) is 0.143. The Kier molecular flexibility index (Phi) is 2.26. The van der Waals surface area contributed by atoms with Crippen molar-refractivity contribution in [1.82, 2.24) is 0 Å². The van der Waals surface area contributed by atoms with E-state index in [1.165, 1.54) is 0 Å².